The van der Waals surface area contributed by atoms with E-state index in [0.717, 1.165) is 22.4 Å². The van der Waals surface area contributed by atoms with Crippen molar-refractivity contribution in [3.63, 3.8) is 0 Å². The number of aliphatic imine (C=N–C) groups is 1. The lowest BCUT2D eigenvalue weighted by Gasteiger charge is -2.11. The second kappa shape index (κ2) is 6.04. The first-order chi connectivity index (χ1) is 8.11. The largest absolute Gasteiger partial charge is 0.398 e. The van der Waals surface area contributed by atoms with Gasteiger partial charge < -0.3 is 5.73 Å². The summed E-state index contributed by atoms with van der Waals surface area (Å²) in [5, 5.41) is 0. The standard InChI is InChI=1S/C15H20N2/c1-5-6-13(9-10-17-4)14-8-7-11(2)12(3)15(14)16/h5-10H,16H2,1-4H3/b6-5+,13-9+,17-10?. The molecule has 0 heterocycles. The fourth-order valence-electron chi connectivity index (χ4n) is 1.66. The molecule has 0 saturated carbocycles. The van der Waals surface area contributed by atoms with Crippen LogP contribution in [0.3, 0.4) is 0 Å². The van der Waals surface area contributed by atoms with Gasteiger partial charge in [-0.15, -0.1) is 0 Å². The maximum Gasteiger partial charge on any atom is 0.0426 e. The molecule has 17 heavy (non-hydrogen) atoms. The zero-order chi connectivity index (χ0) is 12.8. The zero-order valence-electron chi connectivity index (χ0n) is 11.0. The van der Waals surface area contributed by atoms with Crippen molar-refractivity contribution in [1.29, 1.82) is 0 Å². The molecule has 0 aliphatic carbocycles. The average Bonchev–Trinajstić information content (AvgIpc) is 2.32. The molecular formula is C15H20N2. The molecule has 0 radical (unpaired) electrons. The fraction of sp³-hybridized carbons (Fsp3) is 0.267. The lowest BCUT2D eigenvalue weighted by atomic mass is 9.97. The highest BCUT2D eigenvalue weighted by molar-refractivity contribution is 5.92. The molecule has 2 heteroatoms. The Kier molecular flexibility index (Phi) is 4.70. The number of aryl methyl sites for hydroxylation is 1. The summed E-state index contributed by atoms with van der Waals surface area (Å²) in [5.74, 6) is 0. The first kappa shape index (κ1) is 13.2. The number of hydrogen-bond acceptors (Lipinski definition) is 2. The van der Waals surface area contributed by atoms with E-state index in [1.807, 2.05) is 25.2 Å². The Morgan fingerprint density at radius 2 is 2.00 bits per heavy atom. The average molecular weight is 228 g/mol. The van der Waals surface area contributed by atoms with Crippen molar-refractivity contribution < 1.29 is 0 Å². The van der Waals surface area contributed by atoms with Crippen LogP contribution in [0.15, 0.2) is 35.4 Å². The summed E-state index contributed by atoms with van der Waals surface area (Å²) in [6.07, 6.45) is 7.80. The Bertz CT molecular complexity index is 480. The minimum atomic E-state index is 0.846. The van der Waals surface area contributed by atoms with Crippen molar-refractivity contribution in [3.05, 3.63) is 47.1 Å². The molecule has 2 nitrogen and oxygen atoms in total. The van der Waals surface area contributed by atoms with Crippen LogP contribution in [-0.2, 0) is 0 Å². The summed E-state index contributed by atoms with van der Waals surface area (Å²) in [4.78, 5) is 3.98. The van der Waals surface area contributed by atoms with Crippen LogP contribution >= 0.6 is 0 Å². The lowest BCUT2D eigenvalue weighted by molar-refractivity contribution is 1.33. The van der Waals surface area contributed by atoms with E-state index < -0.39 is 0 Å². The molecule has 0 aliphatic rings. The Morgan fingerprint density at radius 3 is 2.59 bits per heavy atom. The van der Waals surface area contributed by atoms with Crippen LogP contribution in [0.5, 0.6) is 0 Å². The lowest BCUT2D eigenvalue weighted by Crippen LogP contribution is -1.98. The molecule has 0 spiro atoms. The molecule has 0 aliphatic heterocycles. The van der Waals surface area contributed by atoms with Crippen molar-refractivity contribution in [1.82, 2.24) is 0 Å². The van der Waals surface area contributed by atoms with Crippen LogP contribution in [0, 0.1) is 13.8 Å². The van der Waals surface area contributed by atoms with Gasteiger partial charge in [0, 0.05) is 24.5 Å². The molecule has 2 N–H and O–H groups in total. The van der Waals surface area contributed by atoms with Gasteiger partial charge >= 0.3 is 0 Å². The molecule has 0 saturated heterocycles. The van der Waals surface area contributed by atoms with Crippen molar-refractivity contribution >= 4 is 17.5 Å². The predicted octanol–water partition coefficient (Wildman–Crippen LogP) is 3.55. The van der Waals surface area contributed by atoms with E-state index in [9.17, 15) is 0 Å². The van der Waals surface area contributed by atoms with E-state index >= 15 is 0 Å². The van der Waals surface area contributed by atoms with Crippen LogP contribution in [0.1, 0.15) is 23.6 Å². The highest BCUT2D eigenvalue weighted by Gasteiger charge is 2.06. The van der Waals surface area contributed by atoms with Gasteiger partial charge in [-0.25, -0.2) is 0 Å². The highest BCUT2D eigenvalue weighted by Crippen LogP contribution is 2.27. The number of rotatable bonds is 3. The third kappa shape index (κ3) is 3.06. The van der Waals surface area contributed by atoms with E-state index in [1.54, 1.807) is 13.3 Å². The molecule has 90 valence electrons. The Morgan fingerprint density at radius 1 is 1.29 bits per heavy atom. The number of nitrogen functional groups attached to an aromatic ring is 1. The van der Waals surface area contributed by atoms with Gasteiger partial charge in [0.2, 0.25) is 0 Å². The van der Waals surface area contributed by atoms with Crippen LogP contribution in [0.2, 0.25) is 0 Å². The smallest absolute Gasteiger partial charge is 0.0426 e. The van der Waals surface area contributed by atoms with Crippen molar-refractivity contribution in [2.45, 2.75) is 20.8 Å². The molecule has 0 amide bonds. The summed E-state index contributed by atoms with van der Waals surface area (Å²) < 4.78 is 0. The summed E-state index contributed by atoms with van der Waals surface area (Å²) in [5.41, 5.74) is 11.5. The first-order valence-electron chi connectivity index (χ1n) is 5.73. The van der Waals surface area contributed by atoms with Crippen LogP contribution in [-0.4, -0.2) is 13.3 Å². The first-order valence-corrected chi connectivity index (χ1v) is 5.73. The summed E-state index contributed by atoms with van der Waals surface area (Å²) in [7, 11) is 1.76. The van der Waals surface area contributed by atoms with Gasteiger partial charge in [-0.1, -0.05) is 24.3 Å². The number of benzene rings is 1. The SMILES string of the molecule is C/C=C/C(=C\C=NC)c1ccc(C)c(C)c1N. The minimum absolute atomic E-state index is 0.846. The second-order valence-corrected chi connectivity index (χ2v) is 4.00. The number of hydrogen-bond donors (Lipinski definition) is 1. The van der Waals surface area contributed by atoms with E-state index in [4.69, 9.17) is 5.73 Å². The topological polar surface area (TPSA) is 38.4 Å². The third-order valence-electron chi connectivity index (χ3n) is 2.85. The molecule has 0 fully saturated rings. The molecule has 1 rings (SSSR count). The van der Waals surface area contributed by atoms with Gasteiger partial charge in [0.15, 0.2) is 0 Å². The van der Waals surface area contributed by atoms with E-state index in [2.05, 4.69) is 31.0 Å². The van der Waals surface area contributed by atoms with Gasteiger partial charge in [-0.05, 0) is 43.5 Å². The molecule has 0 aromatic heterocycles. The second-order valence-electron chi connectivity index (χ2n) is 4.00. The molecule has 1 aromatic carbocycles. The third-order valence-corrected chi connectivity index (χ3v) is 2.85. The molecular weight excluding hydrogens is 208 g/mol. The number of nitrogens with zero attached hydrogens (tertiary/aromatic N) is 1. The summed E-state index contributed by atoms with van der Waals surface area (Å²) in [6.45, 7) is 6.12. The van der Waals surface area contributed by atoms with E-state index in [1.165, 1.54) is 5.56 Å². The van der Waals surface area contributed by atoms with Crippen LogP contribution < -0.4 is 5.73 Å². The van der Waals surface area contributed by atoms with Crippen molar-refractivity contribution in [3.8, 4) is 0 Å². The van der Waals surface area contributed by atoms with Gasteiger partial charge in [0.05, 0.1) is 0 Å². The maximum absolute atomic E-state index is 6.17. The van der Waals surface area contributed by atoms with E-state index in [-0.39, 0.29) is 0 Å². The fourth-order valence-corrected chi connectivity index (χ4v) is 1.66. The Hall–Kier alpha value is -1.83. The predicted molar refractivity (Wildman–Crippen MR) is 77.5 cm³/mol. The van der Waals surface area contributed by atoms with Gasteiger partial charge in [-0.2, -0.15) is 0 Å². The number of allylic oxidation sites excluding steroid dienone is 4. The van der Waals surface area contributed by atoms with Gasteiger partial charge in [-0.3, -0.25) is 4.99 Å². The quantitative estimate of drug-likeness (QED) is 0.479. The molecule has 0 unspecified atom stereocenters. The minimum Gasteiger partial charge on any atom is -0.398 e. The normalized spacial score (nSPS) is 12.8. The number of anilines is 1. The Labute approximate surface area is 104 Å². The molecule has 0 bridgehead atoms. The summed E-state index contributed by atoms with van der Waals surface area (Å²) >= 11 is 0. The van der Waals surface area contributed by atoms with E-state index in [0.29, 0.717) is 0 Å². The highest BCUT2D eigenvalue weighted by atomic mass is 14.6. The Balaban J connectivity index is 3.34. The van der Waals surface area contributed by atoms with Crippen LogP contribution in [0.25, 0.3) is 5.57 Å². The summed E-state index contributed by atoms with van der Waals surface area (Å²) in [6, 6.07) is 4.16. The van der Waals surface area contributed by atoms with Crippen molar-refractivity contribution in [2.75, 3.05) is 12.8 Å². The molecule has 0 atom stereocenters. The number of nitrogens with two attached hydrogens (primary N) is 1. The maximum atomic E-state index is 6.17. The monoisotopic (exact) mass is 228 g/mol. The van der Waals surface area contributed by atoms with Gasteiger partial charge in [0.1, 0.15) is 0 Å². The van der Waals surface area contributed by atoms with Gasteiger partial charge in [0.25, 0.3) is 0 Å². The van der Waals surface area contributed by atoms with Crippen molar-refractivity contribution in [2.24, 2.45) is 4.99 Å². The zero-order valence-corrected chi connectivity index (χ0v) is 11.0. The molecule has 1 aromatic rings. The van der Waals surface area contributed by atoms with Crippen LogP contribution in [0.4, 0.5) is 5.69 Å².